The van der Waals surface area contributed by atoms with Crippen LogP contribution in [0.4, 0.5) is 5.69 Å². The highest BCUT2D eigenvalue weighted by Crippen LogP contribution is 2.25. The Labute approximate surface area is 145 Å². The van der Waals surface area contributed by atoms with Gasteiger partial charge in [0, 0.05) is 43.2 Å². The molecule has 0 aliphatic carbocycles. The van der Waals surface area contributed by atoms with E-state index in [1.54, 1.807) is 29.1 Å². The number of amides is 1. The Morgan fingerprint density at radius 3 is 2.96 bits per heavy atom. The molecule has 0 spiro atoms. The molecule has 1 aliphatic heterocycles. The molecule has 1 amide bonds. The number of rotatable bonds is 6. The van der Waals surface area contributed by atoms with Gasteiger partial charge in [-0.2, -0.15) is 0 Å². The highest BCUT2D eigenvalue weighted by Gasteiger charge is 2.28. The maximum absolute atomic E-state index is 13.0. The normalized spacial score (nSPS) is 16.8. The van der Waals surface area contributed by atoms with Gasteiger partial charge >= 0.3 is 0 Å². The van der Waals surface area contributed by atoms with E-state index in [4.69, 9.17) is 0 Å². The number of nitro groups is 1. The summed E-state index contributed by atoms with van der Waals surface area (Å²) in [4.78, 5) is 29.7. The van der Waals surface area contributed by atoms with Crippen molar-refractivity contribution in [1.82, 2.24) is 19.8 Å². The van der Waals surface area contributed by atoms with Gasteiger partial charge in [0.1, 0.15) is 5.69 Å². The van der Waals surface area contributed by atoms with Gasteiger partial charge in [-0.05, 0) is 31.5 Å². The highest BCUT2D eigenvalue weighted by molar-refractivity contribution is 5.95. The van der Waals surface area contributed by atoms with Gasteiger partial charge in [0.05, 0.1) is 11.3 Å². The number of carbonyl (C=O) groups is 1. The van der Waals surface area contributed by atoms with Crippen molar-refractivity contribution >= 4 is 11.6 Å². The van der Waals surface area contributed by atoms with E-state index in [9.17, 15) is 14.9 Å². The molecule has 0 bridgehead atoms. The van der Waals surface area contributed by atoms with E-state index in [2.05, 4.69) is 10.3 Å². The molecule has 0 saturated carbocycles. The summed E-state index contributed by atoms with van der Waals surface area (Å²) in [5.74, 6) is -0.157. The molecule has 1 aliphatic rings. The molecule has 2 aromatic rings. The Bertz CT molecular complexity index is 754. The molecule has 2 heterocycles. The van der Waals surface area contributed by atoms with E-state index in [0.29, 0.717) is 17.8 Å². The fraction of sp³-hybridized carbons (Fsp3) is 0.412. The molecule has 1 fully saturated rings. The lowest BCUT2D eigenvalue weighted by atomic mass is 10.1. The van der Waals surface area contributed by atoms with Crippen LogP contribution in [0, 0.1) is 10.1 Å². The first-order valence-corrected chi connectivity index (χ1v) is 8.40. The zero-order chi connectivity index (χ0) is 17.8. The number of carbonyl (C=O) groups excluding carboxylic acids is 1. The summed E-state index contributed by atoms with van der Waals surface area (Å²) in [5.41, 5.74) is 0.629. The van der Waals surface area contributed by atoms with Crippen molar-refractivity contribution in [1.29, 1.82) is 0 Å². The van der Waals surface area contributed by atoms with Crippen LogP contribution >= 0.6 is 0 Å². The smallest absolute Gasteiger partial charge is 0.294 e. The van der Waals surface area contributed by atoms with Crippen LogP contribution < -0.4 is 5.32 Å². The predicted molar refractivity (Wildman–Crippen MR) is 92.8 cm³/mol. The summed E-state index contributed by atoms with van der Waals surface area (Å²) >= 11 is 0. The lowest BCUT2D eigenvalue weighted by molar-refractivity contribution is -0.384. The lowest BCUT2D eigenvalue weighted by Gasteiger charge is -2.28. The topological polar surface area (TPSA) is 93.3 Å². The molecular formula is C17H21N5O3. The van der Waals surface area contributed by atoms with Crippen molar-refractivity contribution in [2.45, 2.75) is 25.8 Å². The first-order valence-electron chi connectivity index (χ1n) is 8.40. The SMILES string of the molecule is CCCN(C(=O)c1ccc(-n2ccnc2)c([N+](=O)[O-])c1)C1CCNC1. The molecule has 1 N–H and O–H groups in total. The number of hydrogen-bond acceptors (Lipinski definition) is 5. The van der Waals surface area contributed by atoms with Crippen LogP contribution in [0.2, 0.25) is 0 Å². The second-order valence-electron chi connectivity index (χ2n) is 6.08. The lowest BCUT2D eigenvalue weighted by Crippen LogP contribution is -2.42. The molecule has 1 aromatic heterocycles. The highest BCUT2D eigenvalue weighted by atomic mass is 16.6. The first kappa shape index (κ1) is 17.1. The number of aromatic nitrogens is 2. The summed E-state index contributed by atoms with van der Waals surface area (Å²) in [7, 11) is 0. The maximum atomic E-state index is 13.0. The molecule has 0 radical (unpaired) electrons. The summed E-state index contributed by atoms with van der Waals surface area (Å²) in [6, 6.07) is 4.75. The predicted octanol–water partition coefficient (Wildman–Crippen LogP) is 1.99. The van der Waals surface area contributed by atoms with Crippen LogP contribution in [0.1, 0.15) is 30.1 Å². The van der Waals surface area contributed by atoms with Crippen LogP contribution in [0.15, 0.2) is 36.9 Å². The molecule has 132 valence electrons. The molecule has 1 saturated heterocycles. The van der Waals surface area contributed by atoms with Gasteiger partial charge in [-0.15, -0.1) is 0 Å². The van der Waals surface area contributed by atoms with Gasteiger partial charge in [-0.3, -0.25) is 14.9 Å². The number of nitrogens with zero attached hydrogens (tertiary/aromatic N) is 4. The molecule has 3 rings (SSSR count). The van der Waals surface area contributed by atoms with E-state index in [1.165, 1.54) is 12.4 Å². The second-order valence-corrected chi connectivity index (χ2v) is 6.08. The molecule has 8 nitrogen and oxygen atoms in total. The van der Waals surface area contributed by atoms with Crippen molar-refractivity contribution in [2.75, 3.05) is 19.6 Å². The van der Waals surface area contributed by atoms with E-state index >= 15 is 0 Å². The summed E-state index contributed by atoms with van der Waals surface area (Å²) in [6.07, 6.45) is 6.44. The Kier molecular flexibility index (Phi) is 5.08. The Hall–Kier alpha value is -2.74. The minimum atomic E-state index is -0.465. The average molecular weight is 343 g/mol. The first-order chi connectivity index (χ1) is 12.1. The van der Waals surface area contributed by atoms with Crippen LogP contribution in [0.25, 0.3) is 5.69 Å². The van der Waals surface area contributed by atoms with E-state index in [-0.39, 0.29) is 17.6 Å². The maximum Gasteiger partial charge on any atom is 0.294 e. The zero-order valence-corrected chi connectivity index (χ0v) is 14.1. The third-order valence-corrected chi connectivity index (χ3v) is 4.40. The summed E-state index contributed by atoms with van der Waals surface area (Å²) < 4.78 is 1.57. The van der Waals surface area contributed by atoms with Gasteiger partial charge in [0.2, 0.25) is 0 Å². The van der Waals surface area contributed by atoms with Crippen molar-refractivity contribution in [3.8, 4) is 5.69 Å². The van der Waals surface area contributed by atoms with Gasteiger partial charge in [-0.25, -0.2) is 4.98 Å². The average Bonchev–Trinajstić information content (AvgIpc) is 3.32. The second kappa shape index (κ2) is 7.43. The minimum Gasteiger partial charge on any atom is -0.334 e. The number of nitro benzene ring substituents is 1. The largest absolute Gasteiger partial charge is 0.334 e. The van der Waals surface area contributed by atoms with Crippen LogP contribution in [0.5, 0.6) is 0 Å². The van der Waals surface area contributed by atoms with E-state index < -0.39 is 4.92 Å². The van der Waals surface area contributed by atoms with E-state index in [1.807, 2.05) is 11.8 Å². The zero-order valence-electron chi connectivity index (χ0n) is 14.1. The molecule has 1 atom stereocenters. The number of nitrogens with one attached hydrogen (secondary N) is 1. The quantitative estimate of drug-likeness (QED) is 0.639. The Balaban J connectivity index is 1.94. The number of hydrogen-bond donors (Lipinski definition) is 1. The minimum absolute atomic E-state index is 0.107. The Morgan fingerprint density at radius 2 is 2.36 bits per heavy atom. The van der Waals surface area contributed by atoms with Crippen LogP contribution in [0.3, 0.4) is 0 Å². The van der Waals surface area contributed by atoms with E-state index in [0.717, 1.165) is 25.9 Å². The van der Waals surface area contributed by atoms with Gasteiger partial charge in [0.15, 0.2) is 0 Å². The molecule has 8 heteroatoms. The van der Waals surface area contributed by atoms with Gasteiger partial charge in [0.25, 0.3) is 11.6 Å². The molecule has 25 heavy (non-hydrogen) atoms. The fourth-order valence-corrected chi connectivity index (χ4v) is 3.18. The summed E-state index contributed by atoms with van der Waals surface area (Å²) in [6.45, 7) is 4.31. The standard InChI is InChI=1S/C17H21N5O3/c1-2-8-21(14-5-6-18-11-14)17(23)13-3-4-15(16(10-13)22(24)25)20-9-7-19-12-20/h3-4,7,9-10,12,14,18H,2,5-6,8,11H2,1H3. The van der Waals surface area contributed by atoms with Crippen molar-refractivity contribution in [3.63, 3.8) is 0 Å². The Morgan fingerprint density at radius 1 is 1.52 bits per heavy atom. The van der Waals surface area contributed by atoms with Gasteiger partial charge in [-0.1, -0.05) is 6.92 Å². The third-order valence-electron chi connectivity index (χ3n) is 4.40. The van der Waals surface area contributed by atoms with Crippen molar-refractivity contribution in [3.05, 3.63) is 52.6 Å². The fourth-order valence-electron chi connectivity index (χ4n) is 3.18. The molecule has 1 unspecified atom stereocenters. The number of imidazole rings is 1. The summed E-state index contributed by atoms with van der Waals surface area (Å²) in [5, 5.41) is 14.7. The molecular weight excluding hydrogens is 322 g/mol. The molecule has 1 aromatic carbocycles. The number of benzene rings is 1. The van der Waals surface area contributed by atoms with Crippen molar-refractivity contribution < 1.29 is 9.72 Å². The van der Waals surface area contributed by atoms with Crippen LogP contribution in [-0.2, 0) is 0 Å². The monoisotopic (exact) mass is 343 g/mol. The van der Waals surface area contributed by atoms with Crippen molar-refractivity contribution in [2.24, 2.45) is 0 Å². The third kappa shape index (κ3) is 3.53. The van der Waals surface area contributed by atoms with Gasteiger partial charge < -0.3 is 14.8 Å². The van der Waals surface area contributed by atoms with Crippen LogP contribution in [-0.4, -0.2) is 51.0 Å².